The monoisotopic (exact) mass is 390 g/mol. The number of alkyl halides is 3. The minimum absolute atomic E-state index is 0.0357. The summed E-state index contributed by atoms with van der Waals surface area (Å²) in [6.45, 7) is 3.98. The van der Waals surface area contributed by atoms with E-state index in [1.165, 1.54) is 4.90 Å². The predicted molar refractivity (Wildman–Crippen MR) is 96.4 cm³/mol. The summed E-state index contributed by atoms with van der Waals surface area (Å²) >= 11 is 0. The van der Waals surface area contributed by atoms with Crippen LogP contribution >= 0.6 is 0 Å². The molecule has 1 atom stereocenters. The molecule has 1 saturated heterocycles. The Kier molecular flexibility index (Phi) is 5.28. The number of amides is 1. The zero-order valence-corrected chi connectivity index (χ0v) is 15.7. The maximum atomic E-state index is 13.2. The molecular weight excluding hydrogens is 369 g/mol. The van der Waals surface area contributed by atoms with E-state index in [4.69, 9.17) is 0 Å². The van der Waals surface area contributed by atoms with Gasteiger partial charge in [0.25, 0.3) is 5.91 Å². The van der Waals surface area contributed by atoms with E-state index in [9.17, 15) is 23.2 Å². The summed E-state index contributed by atoms with van der Waals surface area (Å²) in [5, 5.41) is 17.6. The Bertz CT molecular complexity index is 847. The van der Waals surface area contributed by atoms with Gasteiger partial charge in [-0.25, -0.2) is 0 Å². The zero-order chi connectivity index (χ0) is 20.5. The van der Waals surface area contributed by atoms with E-state index in [-0.39, 0.29) is 37.8 Å². The maximum Gasteiger partial charge on any atom is 0.391 e. The molecule has 28 heavy (non-hydrogen) atoms. The van der Waals surface area contributed by atoms with Crippen LogP contribution in [-0.2, 0) is 5.54 Å². The van der Waals surface area contributed by atoms with Crippen LogP contribution in [0.25, 0.3) is 0 Å². The SMILES string of the molecule is CC(C)C1(c2cc(C#N)ccc2C(=O)N2CCC(C(F)(F)F)CC2)C=CN=N1. The number of hydrogen-bond acceptors (Lipinski definition) is 4. The highest BCUT2D eigenvalue weighted by Gasteiger charge is 2.43. The molecule has 2 heterocycles. The first-order valence-corrected chi connectivity index (χ1v) is 9.19. The number of nitrogens with zero attached hydrogens (tertiary/aromatic N) is 4. The molecule has 5 nitrogen and oxygen atoms in total. The molecule has 0 radical (unpaired) electrons. The Morgan fingerprint density at radius 3 is 2.50 bits per heavy atom. The average Bonchev–Trinajstić information content (AvgIpc) is 3.17. The second-order valence-corrected chi connectivity index (χ2v) is 7.49. The fraction of sp³-hybridized carbons (Fsp3) is 0.500. The van der Waals surface area contributed by atoms with Gasteiger partial charge in [0.05, 0.1) is 17.6 Å². The van der Waals surface area contributed by atoms with Gasteiger partial charge in [-0.3, -0.25) is 4.79 Å². The van der Waals surface area contributed by atoms with E-state index < -0.39 is 17.6 Å². The summed E-state index contributed by atoms with van der Waals surface area (Å²) in [6.07, 6.45) is -1.08. The highest BCUT2D eigenvalue weighted by molar-refractivity contribution is 5.96. The van der Waals surface area contributed by atoms with Crippen molar-refractivity contribution >= 4 is 5.91 Å². The van der Waals surface area contributed by atoms with Gasteiger partial charge in [0.1, 0.15) is 5.54 Å². The van der Waals surface area contributed by atoms with Gasteiger partial charge < -0.3 is 4.90 Å². The van der Waals surface area contributed by atoms with Crippen LogP contribution in [0.5, 0.6) is 0 Å². The van der Waals surface area contributed by atoms with Crippen LogP contribution in [0.15, 0.2) is 40.7 Å². The van der Waals surface area contributed by atoms with Crippen LogP contribution in [0, 0.1) is 23.2 Å². The standard InChI is InChI=1S/C20H21F3N4O/c1-13(2)19(7-8-25-26-19)17-11-14(12-24)3-4-16(17)18(28)27-9-5-15(6-10-27)20(21,22)23/h3-4,7-8,11,13,15H,5-6,9-10H2,1-2H3. The predicted octanol–water partition coefficient (Wildman–Crippen LogP) is 4.80. The molecule has 1 unspecified atom stereocenters. The van der Waals surface area contributed by atoms with Crippen LogP contribution in [0.1, 0.15) is 48.2 Å². The van der Waals surface area contributed by atoms with E-state index in [1.807, 2.05) is 13.8 Å². The third-order valence-corrected chi connectivity index (χ3v) is 5.55. The number of hydrogen-bond donors (Lipinski definition) is 0. The third-order valence-electron chi connectivity index (χ3n) is 5.55. The number of carbonyl (C=O) groups excluding carboxylic acids is 1. The average molecular weight is 390 g/mol. The van der Waals surface area contributed by atoms with Gasteiger partial charge in [-0.15, -0.1) is 0 Å². The molecule has 3 rings (SSSR count). The lowest BCUT2D eigenvalue weighted by molar-refractivity contribution is -0.183. The van der Waals surface area contributed by atoms with Crippen molar-refractivity contribution < 1.29 is 18.0 Å². The molecule has 2 aliphatic rings. The van der Waals surface area contributed by atoms with Gasteiger partial charge in [-0.2, -0.15) is 28.7 Å². The fourth-order valence-electron chi connectivity index (χ4n) is 3.78. The number of halogens is 3. The minimum Gasteiger partial charge on any atom is -0.339 e. The number of nitriles is 1. The Labute approximate surface area is 161 Å². The van der Waals surface area contributed by atoms with Crippen molar-refractivity contribution in [2.45, 2.75) is 38.4 Å². The summed E-state index contributed by atoms with van der Waals surface area (Å²) in [5.74, 6) is -1.74. The maximum absolute atomic E-state index is 13.2. The van der Waals surface area contributed by atoms with Gasteiger partial charge in [-0.05, 0) is 48.6 Å². The summed E-state index contributed by atoms with van der Waals surface area (Å²) in [7, 11) is 0. The number of carbonyl (C=O) groups is 1. The lowest BCUT2D eigenvalue weighted by atomic mass is 9.77. The first-order valence-electron chi connectivity index (χ1n) is 9.19. The summed E-state index contributed by atoms with van der Waals surface area (Å²) in [4.78, 5) is 14.6. The molecular formula is C20H21F3N4O. The van der Waals surface area contributed by atoms with Crippen LogP contribution in [-0.4, -0.2) is 30.1 Å². The molecule has 0 aromatic heterocycles. The number of likely N-dealkylation sites (tertiary alicyclic amines) is 1. The molecule has 1 fully saturated rings. The number of azo groups is 1. The van der Waals surface area contributed by atoms with Gasteiger partial charge in [-0.1, -0.05) is 13.8 Å². The van der Waals surface area contributed by atoms with Gasteiger partial charge in [0, 0.05) is 24.9 Å². The summed E-state index contributed by atoms with van der Waals surface area (Å²) in [5.41, 5.74) is 0.422. The fourth-order valence-corrected chi connectivity index (χ4v) is 3.78. The van der Waals surface area contributed by atoms with Gasteiger partial charge in [0.2, 0.25) is 0 Å². The Morgan fingerprint density at radius 1 is 1.32 bits per heavy atom. The molecule has 1 amide bonds. The zero-order valence-electron chi connectivity index (χ0n) is 15.7. The van der Waals surface area contributed by atoms with Crippen LogP contribution in [0.3, 0.4) is 0 Å². The second-order valence-electron chi connectivity index (χ2n) is 7.49. The molecule has 2 aliphatic heterocycles. The normalized spacial score (nSPS) is 22.7. The van der Waals surface area contributed by atoms with E-state index in [2.05, 4.69) is 16.3 Å². The largest absolute Gasteiger partial charge is 0.391 e. The molecule has 0 spiro atoms. The van der Waals surface area contributed by atoms with E-state index >= 15 is 0 Å². The van der Waals surface area contributed by atoms with Crippen LogP contribution in [0.2, 0.25) is 0 Å². The molecule has 0 bridgehead atoms. The molecule has 0 aliphatic carbocycles. The second kappa shape index (κ2) is 7.38. The number of benzene rings is 1. The quantitative estimate of drug-likeness (QED) is 0.744. The molecule has 8 heteroatoms. The molecule has 0 saturated carbocycles. The van der Waals surface area contributed by atoms with Gasteiger partial charge in [0.15, 0.2) is 0 Å². The van der Waals surface area contributed by atoms with Crippen molar-refractivity contribution in [3.63, 3.8) is 0 Å². The summed E-state index contributed by atoms with van der Waals surface area (Å²) < 4.78 is 38.8. The topological polar surface area (TPSA) is 68.8 Å². The van der Waals surface area contributed by atoms with Crippen LogP contribution < -0.4 is 0 Å². The molecule has 1 aromatic carbocycles. The molecule has 1 aromatic rings. The highest BCUT2D eigenvalue weighted by Crippen LogP contribution is 2.41. The van der Waals surface area contributed by atoms with Crippen molar-refractivity contribution in [2.24, 2.45) is 22.1 Å². The number of rotatable bonds is 3. The Hall–Kier alpha value is -2.69. The van der Waals surface area contributed by atoms with Crippen molar-refractivity contribution in [2.75, 3.05) is 13.1 Å². The lowest BCUT2D eigenvalue weighted by Crippen LogP contribution is -2.43. The molecule has 0 N–H and O–H groups in total. The first-order chi connectivity index (χ1) is 13.2. The first kappa shape index (κ1) is 20.1. The Balaban J connectivity index is 1.95. The van der Waals surface area contributed by atoms with Gasteiger partial charge >= 0.3 is 6.18 Å². The third kappa shape index (κ3) is 3.53. The van der Waals surface area contributed by atoms with E-state index in [0.717, 1.165) is 0 Å². The van der Waals surface area contributed by atoms with E-state index in [1.54, 1.807) is 30.5 Å². The van der Waals surface area contributed by atoms with Crippen LogP contribution in [0.4, 0.5) is 13.2 Å². The highest BCUT2D eigenvalue weighted by atomic mass is 19.4. The molecule has 148 valence electrons. The smallest absolute Gasteiger partial charge is 0.339 e. The van der Waals surface area contributed by atoms with Crippen molar-refractivity contribution in [3.05, 3.63) is 47.2 Å². The number of piperidine rings is 1. The lowest BCUT2D eigenvalue weighted by Gasteiger charge is -2.35. The van der Waals surface area contributed by atoms with E-state index in [0.29, 0.717) is 16.7 Å². The van der Waals surface area contributed by atoms with Crippen molar-refractivity contribution in [1.82, 2.24) is 4.90 Å². The Morgan fingerprint density at radius 2 is 2.00 bits per heavy atom. The summed E-state index contributed by atoms with van der Waals surface area (Å²) in [6, 6.07) is 6.81. The minimum atomic E-state index is -4.23. The van der Waals surface area contributed by atoms with Crippen molar-refractivity contribution in [1.29, 1.82) is 5.26 Å². The van der Waals surface area contributed by atoms with Crippen molar-refractivity contribution in [3.8, 4) is 6.07 Å².